The lowest BCUT2D eigenvalue weighted by molar-refractivity contribution is -0.138. The number of carboxylic acid groups (broad SMARTS) is 1. The van der Waals surface area contributed by atoms with Crippen LogP contribution in [0.5, 0.6) is 0 Å². The minimum Gasteiger partial charge on any atom is -0.479 e. The quantitative estimate of drug-likeness (QED) is 0.376. The summed E-state index contributed by atoms with van der Waals surface area (Å²) in [6.45, 7) is 23.4. The van der Waals surface area contributed by atoms with Crippen LogP contribution >= 0.6 is 0 Å². The molecular weight excluding hydrogens is 464 g/mol. The molecule has 1 fully saturated rings. The Morgan fingerprint density at radius 3 is 2.49 bits per heavy atom. The largest absolute Gasteiger partial charge is 0.479 e. The first kappa shape index (κ1) is 30.2. The highest BCUT2D eigenvalue weighted by Gasteiger charge is 2.30. The van der Waals surface area contributed by atoms with Crippen LogP contribution in [-0.2, 0) is 4.79 Å². The Kier molecular flexibility index (Phi) is 11.0. The average Bonchev–Trinajstić information content (AvgIpc) is 2.86. The maximum atomic E-state index is 11.8. The number of dihydropyridines is 1. The molecule has 37 heavy (non-hydrogen) atoms. The van der Waals surface area contributed by atoms with Gasteiger partial charge in [-0.2, -0.15) is 0 Å². The second-order valence-electron chi connectivity index (χ2n) is 10.7. The maximum absolute atomic E-state index is 11.8. The van der Waals surface area contributed by atoms with Crippen molar-refractivity contribution in [3.8, 4) is 0 Å². The normalized spacial score (nSPS) is 29.4. The third-order valence-electron chi connectivity index (χ3n) is 6.93. The Morgan fingerprint density at radius 2 is 1.86 bits per heavy atom. The molecule has 8 nitrogen and oxygen atoms in total. The summed E-state index contributed by atoms with van der Waals surface area (Å²) in [6, 6.07) is -1.02. The molecule has 5 N–H and O–H groups in total. The zero-order chi connectivity index (χ0) is 27.8. The van der Waals surface area contributed by atoms with E-state index in [2.05, 4.69) is 60.4 Å². The lowest BCUT2D eigenvalue weighted by atomic mass is 9.83. The molecule has 0 bridgehead atoms. The van der Waals surface area contributed by atoms with Gasteiger partial charge >= 0.3 is 5.97 Å². The molecule has 0 aromatic carbocycles. The summed E-state index contributed by atoms with van der Waals surface area (Å²) in [7, 11) is 0. The number of carbonyl (C=O) groups is 1. The second-order valence-corrected chi connectivity index (χ2v) is 10.7. The molecule has 3 atom stereocenters. The number of aliphatic imine (C=N–C) groups is 1. The van der Waals surface area contributed by atoms with Gasteiger partial charge in [-0.25, -0.2) is 9.79 Å². The number of carboxylic acids is 1. The van der Waals surface area contributed by atoms with Crippen molar-refractivity contribution in [2.45, 2.75) is 86.4 Å². The summed E-state index contributed by atoms with van der Waals surface area (Å²) >= 11 is 0. The van der Waals surface area contributed by atoms with E-state index < -0.39 is 12.0 Å². The highest BCUT2D eigenvalue weighted by Crippen LogP contribution is 2.31. The van der Waals surface area contributed by atoms with E-state index in [1.807, 2.05) is 52.1 Å². The monoisotopic (exact) mass is 512 g/mol. The predicted molar refractivity (Wildman–Crippen MR) is 154 cm³/mol. The zero-order valence-electron chi connectivity index (χ0n) is 24.0. The summed E-state index contributed by atoms with van der Waals surface area (Å²) in [5, 5.41) is 23.1. The number of aliphatic carboxylic acids is 1. The third kappa shape index (κ3) is 8.81. The Hall–Kier alpha value is -3.00. The van der Waals surface area contributed by atoms with Gasteiger partial charge in [-0.1, -0.05) is 34.3 Å². The number of hydrogen-bond donors (Lipinski definition) is 5. The molecule has 8 heteroatoms. The molecule has 3 aliphatic rings. The first-order valence-corrected chi connectivity index (χ1v) is 13.5. The summed E-state index contributed by atoms with van der Waals surface area (Å²) in [6.07, 6.45) is 9.96. The van der Waals surface area contributed by atoms with E-state index in [9.17, 15) is 9.90 Å². The van der Waals surface area contributed by atoms with Crippen LogP contribution in [0.4, 0.5) is 0 Å². The van der Waals surface area contributed by atoms with Crippen LogP contribution in [0.1, 0.15) is 68.2 Å². The highest BCUT2D eigenvalue weighted by atomic mass is 16.4. The van der Waals surface area contributed by atoms with Gasteiger partial charge in [0.15, 0.2) is 6.04 Å². The molecule has 3 aliphatic heterocycles. The molecule has 206 valence electrons. The van der Waals surface area contributed by atoms with Crippen LogP contribution in [0.2, 0.25) is 0 Å². The topological polar surface area (TPSA) is 101 Å². The molecule has 0 aromatic heterocycles. The molecular formula is C29H48N6O2. The van der Waals surface area contributed by atoms with Gasteiger partial charge < -0.3 is 31.3 Å². The first-order valence-electron chi connectivity index (χ1n) is 13.5. The Bertz CT molecular complexity index is 978. The molecule has 3 rings (SSSR count). The van der Waals surface area contributed by atoms with Crippen LogP contribution in [0.3, 0.4) is 0 Å². The molecule has 0 saturated carbocycles. The predicted octanol–water partition coefficient (Wildman–Crippen LogP) is 4.24. The number of nitrogens with one attached hydrogen (secondary N) is 4. The summed E-state index contributed by atoms with van der Waals surface area (Å²) in [4.78, 5) is 19.3. The lowest BCUT2D eigenvalue weighted by Crippen LogP contribution is -2.54. The van der Waals surface area contributed by atoms with Crippen molar-refractivity contribution in [3.05, 3.63) is 59.5 Å². The molecule has 0 aliphatic carbocycles. The van der Waals surface area contributed by atoms with Gasteiger partial charge in [-0.05, 0) is 63.7 Å². The van der Waals surface area contributed by atoms with Crippen molar-refractivity contribution in [1.29, 1.82) is 0 Å². The van der Waals surface area contributed by atoms with Crippen molar-refractivity contribution < 1.29 is 9.90 Å². The van der Waals surface area contributed by atoms with Gasteiger partial charge in [-0.15, -0.1) is 0 Å². The second kappa shape index (κ2) is 13.5. The Morgan fingerprint density at radius 1 is 1.22 bits per heavy atom. The van der Waals surface area contributed by atoms with Gasteiger partial charge in [0, 0.05) is 60.8 Å². The standard InChI is InChI=1S/C27H42N6O2.C2H6/c1-17-15-28-19(3)14-23(33-12-10-27(6,7)11-13-33)32-21(5)24(29-16-17)20(4)31-22-9-8-18(2)30-25(22)26(34)35;1-2/h8-9,14-15,20,24-25,28-31H,3,10-13,16H2,1-2,4-7H3,(H,34,35);1-2H3/b17-15-,23-14+,32-21+;. The van der Waals surface area contributed by atoms with Crippen molar-refractivity contribution in [1.82, 2.24) is 26.2 Å². The minimum atomic E-state index is -0.911. The smallest absolute Gasteiger partial charge is 0.332 e. The van der Waals surface area contributed by atoms with E-state index in [0.717, 1.165) is 54.4 Å². The van der Waals surface area contributed by atoms with Crippen LogP contribution < -0.4 is 21.3 Å². The SMILES string of the molecule is C=C1/C=C(N2CCC(C)(C)CC2)\N=C(/C)C(C(C)NC2=CC=C(C)NC2C(=O)O)NC/C(C)=C\N1.CC. The molecule has 0 aromatic rings. The number of hydrogen-bond acceptors (Lipinski definition) is 7. The van der Waals surface area contributed by atoms with Gasteiger partial charge in [0.25, 0.3) is 0 Å². The van der Waals surface area contributed by atoms with Gasteiger partial charge in [0.2, 0.25) is 0 Å². The fraction of sp³-hybridized carbons (Fsp3) is 0.586. The van der Waals surface area contributed by atoms with Crippen LogP contribution in [0.15, 0.2) is 64.5 Å². The Labute approximate surface area is 223 Å². The molecule has 0 radical (unpaired) electrons. The van der Waals surface area contributed by atoms with E-state index >= 15 is 0 Å². The number of piperidine rings is 1. The van der Waals surface area contributed by atoms with Crippen molar-refractivity contribution in [2.24, 2.45) is 10.4 Å². The van der Waals surface area contributed by atoms with Crippen molar-refractivity contribution >= 4 is 11.7 Å². The molecule has 0 amide bonds. The van der Waals surface area contributed by atoms with E-state index in [1.54, 1.807) is 0 Å². The molecule has 0 spiro atoms. The van der Waals surface area contributed by atoms with Crippen LogP contribution in [0, 0.1) is 5.41 Å². The molecule has 3 heterocycles. The third-order valence-corrected chi connectivity index (χ3v) is 6.93. The Balaban J connectivity index is 0.00000235. The van der Waals surface area contributed by atoms with E-state index in [0.29, 0.717) is 17.7 Å². The van der Waals surface area contributed by atoms with Gasteiger partial charge in [0.1, 0.15) is 5.82 Å². The number of likely N-dealkylation sites (tertiary alicyclic amines) is 1. The van der Waals surface area contributed by atoms with Crippen LogP contribution in [-0.4, -0.2) is 59.4 Å². The average molecular weight is 513 g/mol. The zero-order valence-corrected chi connectivity index (χ0v) is 24.0. The van der Waals surface area contributed by atoms with Crippen LogP contribution in [0.25, 0.3) is 0 Å². The fourth-order valence-corrected chi connectivity index (χ4v) is 4.54. The van der Waals surface area contributed by atoms with E-state index in [1.165, 1.54) is 0 Å². The lowest BCUT2D eigenvalue weighted by Gasteiger charge is -2.38. The van der Waals surface area contributed by atoms with E-state index in [4.69, 9.17) is 4.99 Å². The molecule has 3 unspecified atom stereocenters. The molecule has 1 saturated heterocycles. The number of allylic oxidation sites excluding steroid dienone is 4. The summed E-state index contributed by atoms with van der Waals surface area (Å²) in [5.74, 6) is -0.00577. The highest BCUT2D eigenvalue weighted by molar-refractivity contribution is 5.89. The van der Waals surface area contributed by atoms with Crippen molar-refractivity contribution in [2.75, 3.05) is 19.6 Å². The minimum absolute atomic E-state index is 0.105. The maximum Gasteiger partial charge on any atom is 0.332 e. The fourth-order valence-electron chi connectivity index (χ4n) is 4.54. The summed E-state index contributed by atoms with van der Waals surface area (Å²) in [5.41, 5.74) is 4.68. The number of nitrogens with zero attached hydrogens (tertiary/aromatic N) is 2. The summed E-state index contributed by atoms with van der Waals surface area (Å²) < 4.78 is 0. The van der Waals surface area contributed by atoms with Gasteiger partial charge in [0.05, 0.1) is 6.04 Å². The van der Waals surface area contributed by atoms with Gasteiger partial charge in [-0.3, -0.25) is 0 Å². The van der Waals surface area contributed by atoms with Crippen molar-refractivity contribution in [3.63, 3.8) is 0 Å². The first-order chi connectivity index (χ1) is 17.4. The number of rotatable bonds is 5. The van der Waals surface area contributed by atoms with E-state index in [-0.39, 0.29) is 12.1 Å².